The summed E-state index contributed by atoms with van der Waals surface area (Å²) >= 11 is 0. The molecule has 1 amide bonds. The van der Waals surface area contributed by atoms with Crippen LogP contribution in [0.25, 0.3) is 11.3 Å². The van der Waals surface area contributed by atoms with E-state index in [2.05, 4.69) is 14.8 Å². The summed E-state index contributed by atoms with van der Waals surface area (Å²) in [5.74, 6) is -10.7. The summed E-state index contributed by atoms with van der Waals surface area (Å²) in [6.45, 7) is 2.37. The van der Waals surface area contributed by atoms with Gasteiger partial charge in [0.15, 0.2) is 34.7 Å². The molecule has 0 spiro atoms. The number of nitrogens with two attached hydrogens (primary N) is 1. The number of phenols is 1. The van der Waals surface area contributed by atoms with Crippen LogP contribution in [0.3, 0.4) is 0 Å². The van der Waals surface area contributed by atoms with Crippen LogP contribution in [0.4, 0.5) is 5.69 Å². The molecule has 248 valence electrons. The predicted octanol–water partition coefficient (Wildman–Crippen LogP) is -0.0785. The number of phenolic OH excluding ortho intramolecular Hbond substituents is 1. The molecular weight excluding hydrogens is 592 g/mol. The number of primary amides is 1. The van der Waals surface area contributed by atoms with Gasteiger partial charge in [-0.05, 0) is 77.8 Å². The van der Waals surface area contributed by atoms with Gasteiger partial charge in [0.2, 0.25) is 5.91 Å². The molecule has 0 bridgehead atoms. The molecule has 13 nitrogen and oxygen atoms in total. The Labute approximate surface area is 268 Å². The Kier molecular flexibility index (Phi) is 8.75. The van der Waals surface area contributed by atoms with Crippen LogP contribution in [-0.4, -0.2) is 133 Å². The van der Waals surface area contributed by atoms with Crippen molar-refractivity contribution in [2.45, 2.75) is 31.0 Å². The summed E-state index contributed by atoms with van der Waals surface area (Å²) in [6.07, 6.45) is 0.195. The van der Waals surface area contributed by atoms with E-state index in [1.54, 1.807) is 14.1 Å². The standard InChI is InChI=1S/C33H44N6O7/c1-36(2)10-11-39(7)15-17-8-9-21(35-17)18-14-22(37(3)4)19-12-16-13-20-26(38(5)6)29(42)25(32(34)45)31(44)33(20,46)30(43)23(16)28(41)24(19)27(18)40/h8-9,14,16,20,23,25-26,35,40,46H,10-13,15H2,1-7H3,(H2,34,45)/t16-,20-,23?,25?,26-,33-/m0/s1. The van der Waals surface area contributed by atoms with E-state index < -0.39 is 64.4 Å². The lowest BCUT2D eigenvalue weighted by molar-refractivity contribution is -0.181. The van der Waals surface area contributed by atoms with Gasteiger partial charge in [0.05, 0.1) is 17.5 Å². The van der Waals surface area contributed by atoms with Crippen LogP contribution >= 0.6 is 0 Å². The summed E-state index contributed by atoms with van der Waals surface area (Å²) in [6, 6.07) is 4.41. The van der Waals surface area contributed by atoms with E-state index in [4.69, 9.17) is 5.73 Å². The van der Waals surface area contributed by atoms with Crippen molar-refractivity contribution in [2.24, 2.45) is 29.4 Å². The molecule has 2 aromatic rings. The van der Waals surface area contributed by atoms with Crippen LogP contribution in [0.1, 0.15) is 28.0 Å². The molecule has 3 aliphatic rings. The lowest BCUT2D eigenvalue weighted by Crippen LogP contribution is -2.74. The summed E-state index contributed by atoms with van der Waals surface area (Å²) in [4.78, 5) is 78.6. The SMILES string of the molecule is CN(C)CCN(C)Cc1ccc(-c2cc(N(C)C)c3c(c2O)C(=O)C2C(=O)[C@]4(O)C(=O)C(C(N)=O)C(=O)[C@@H](N(C)C)[C@@H]4C[C@@H]2C3)[nH]1. The number of aromatic nitrogens is 1. The smallest absolute Gasteiger partial charge is 0.235 e. The number of benzene rings is 1. The number of hydrogen-bond acceptors (Lipinski definition) is 11. The molecule has 1 heterocycles. The molecule has 0 saturated heterocycles. The van der Waals surface area contributed by atoms with Gasteiger partial charge in [-0.2, -0.15) is 0 Å². The molecule has 1 aromatic heterocycles. The minimum atomic E-state index is -2.76. The molecule has 13 heteroatoms. The molecule has 2 saturated carbocycles. The van der Waals surface area contributed by atoms with E-state index in [0.29, 0.717) is 29.1 Å². The number of nitrogens with zero attached hydrogens (tertiary/aromatic N) is 4. The summed E-state index contributed by atoms with van der Waals surface area (Å²) in [7, 11) is 12.8. The third-order valence-electron chi connectivity index (χ3n) is 9.93. The van der Waals surface area contributed by atoms with Crippen molar-refractivity contribution < 1.29 is 34.2 Å². The fraction of sp³-hybridized carbons (Fsp3) is 0.545. The van der Waals surface area contributed by atoms with Gasteiger partial charge in [-0.25, -0.2) is 0 Å². The molecule has 2 unspecified atom stereocenters. The van der Waals surface area contributed by atoms with Gasteiger partial charge in [0.1, 0.15) is 5.75 Å². The zero-order chi connectivity index (χ0) is 34.0. The Balaban J connectivity index is 1.57. The molecule has 46 heavy (non-hydrogen) atoms. The Bertz CT molecular complexity index is 1610. The highest BCUT2D eigenvalue weighted by molar-refractivity contribution is 6.32. The second-order valence-corrected chi connectivity index (χ2v) is 13.8. The normalized spacial score (nSPS) is 27.7. The highest BCUT2D eigenvalue weighted by Gasteiger charge is 2.69. The molecule has 3 aliphatic carbocycles. The van der Waals surface area contributed by atoms with Crippen LogP contribution in [-0.2, 0) is 32.1 Å². The van der Waals surface area contributed by atoms with Gasteiger partial charge in [0, 0.05) is 62.3 Å². The largest absolute Gasteiger partial charge is 0.506 e. The highest BCUT2D eigenvalue weighted by atomic mass is 16.3. The average Bonchev–Trinajstić information content (AvgIpc) is 3.41. The first-order chi connectivity index (χ1) is 21.5. The Morgan fingerprint density at radius 2 is 1.70 bits per heavy atom. The molecule has 0 aliphatic heterocycles. The minimum absolute atomic E-state index is 0.000601. The maximum Gasteiger partial charge on any atom is 0.235 e. The number of rotatable bonds is 9. The Morgan fingerprint density at radius 3 is 2.28 bits per heavy atom. The number of fused-ring (bicyclic) bond motifs is 3. The highest BCUT2D eigenvalue weighted by Crippen LogP contribution is 2.53. The van der Waals surface area contributed by atoms with Gasteiger partial charge in [-0.15, -0.1) is 0 Å². The maximum atomic E-state index is 14.3. The second kappa shape index (κ2) is 12.0. The number of ketones is 4. The molecular formula is C33H44N6O7. The van der Waals surface area contributed by atoms with Gasteiger partial charge in [-0.3, -0.25) is 33.8 Å². The number of amides is 1. The molecule has 0 radical (unpaired) electrons. The third-order valence-corrected chi connectivity index (χ3v) is 9.93. The molecule has 5 rings (SSSR count). The molecule has 6 atom stereocenters. The first-order valence-electron chi connectivity index (χ1n) is 15.4. The van der Waals surface area contributed by atoms with Crippen molar-refractivity contribution in [2.75, 3.05) is 67.3 Å². The number of aliphatic hydroxyl groups is 1. The lowest BCUT2D eigenvalue weighted by atomic mass is 9.52. The van der Waals surface area contributed by atoms with E-state index in [1.165, 1.54) is 4.90 Å². The first-order valence-corrected chi connectivity index (χ1v) is 15.4. The van der Waals surface area contributed by atoms with Gasteiger partial charge >= 0.3 is 0 Å². The van der Waals surface area contributed by atoms with Crippen molar-refractivity contribution in [3.8, 4) is 17.0 Å². The van der Waals surface area contributed by atoms with Crippen molar-refractivity contribution in [1.82, 2.24) is 19.7 Å². The predicted molar refractivity (Wildman–Crippen MR) is 170 cm³/mol. The van der Waals surface area contributed by atoms with Gasteiger partial charge < -0.3 is 30.7 Å². The van der Waals surface area contributed by atoms with E-state index in [0.717, 1.165) is 18.8 Å². The maximum absolute atomic E-state index is 14.3. The summed E-state index contributed by atoms with van der Waals surface area (Å²) in [5.41, 5.74) is 5.71. The summed E-state index contributed by atoms with van der Waals surface area (Å²) < 4.78 is 0. The van der Waals surface area contributed by atoms with Crippen molar-refractivity contribution in [3.63, 3.8) is 0 Å². The van der Waals surface area contributed by atoms with Crippen molar-refractivity contribution in [1.29, 1.82) is 0 Å². The van der Waals surface area contributed by atoms with Gasteiger partial charge in [-0.1, -0.05) is 0 Å². The van der Waals surface area contributed by atoms with Gasteiger partial charge in [0.25, 0.3) is 0 Å². The Morgan fingerprint density at radius 1 is 1.02 bits per heavy atom. The molecule has 5 N–H and O–H groups in total. The third kappa shape index (κ3) is 5.24. The van der Waals surface area contributed by atoms with Crippen molar-refractivity contribution >= 4 is 34.7 Å². The zero-order valence-electron chi connectivity index (χ0n) is 27.5. The monoisotopic (exact) mass is 636 g/mol. The van der Waals surface area contributed by atoms with Crippen LogP contribution < -0.4 is 10.6 Å². The topological polar surface area (TPSA) is 181 Å². The number of anilines is 1. The summed E-state index contributed by atoms with van der Waals surface area (Å²) in [5, 5.41) is 23.5. The van der Waals surface area contributed by atoms with Crippen molar-refractivity contribution in [3.05, 3.63) is 35.0 Å². The fourth-order valence-electron chi connectivity index (χ4n) is 7.69. The van der Waals surface area contributed by atoms with Crippen LogP contribution in [0, 0.1) is 23.7 Å². The van der Waals surface area contributed by atoms with Crippen LogP contribution in [0.15, 0.2) is 18.2 Å². The number of aromatic hydroxyl groups is 1. The number of Topliss-reactive ketones (excluding diaryl/α,β-unsaturated/α-hetero) is 4. The number of carbonyl (C=O) groups excluding carboxylic acids is 5. The minimum Gasteiger partial charge on any atom is -0.506 e. The van der Waals surface area contributed by atoms with Crippen LogP contribution in [0.2, 0.25) is 0 Å². The quantitative estimate of drug-likeness (QED) is 0.271. The number of nitrogens with one attached hydrogen (secondary N) is 1. The van der Waals surface area contributed by atoms with E-state index in [-0.39, 0.29) is 24.2 Å². The number of likely N-dealkylation sites (N-methyl/N-ethyl adjacent to an activating group) is 3. The first kappa shape index (κ1) is 33.5. The Hall–Kier alpha value is -3.91. The fourth-order valence-corrected chi connectivity index (χ4v) is 7.69. The van der Waals surface area contributed by atoms with E-state index >= 15 is 0 Å². The number of carbonyl (C=O) groups is 5. The zero-order valence-corrected chi connectivity index (χ0v) is 27.5. The number of aromatic amines is 1. The number of H-pyrrole nitrogens is 1. The van der Waals surface area contributed by atoms with E-state index in [1.807, 2.05) is 58.3 Å². The molecule has 2 fully saturated rings. The lowest BCUT2D eigenvalue weighted by Gasteiger charge is -2.52. The average molecular weight is 637 g/mol. The van der Waals surface area contributed by atoms with E-state index in [9.17, 15) is 34.2 Å². The molecule has 1 aromatic carbocycles. The second-order valence-electron chi connectivity index (χ2n) is 13.8. The van der Waals surface area contributed by atoms with Crippen LogP contribution in [0.5, 0.6) is 5.75 Å². The number of hydrogen-bond donors (Lipinski definition) is 4.